The third-order valence-corrected chi connectivity index (χ3v) is 14.2. The summed E-state index contributed by atoms with van der Waals surface area (Å²) < 4.78 is 2.40. The summed E-state index contributed by atoms with van der Waals surface area (Å²) in [4.78, 5) is 2.44. The molecule has 0 saturated carbocycles. The molecule has 1 aliphatic carbocycles. The molecule has 67 heavy (non-hydrogen) atoms. The quantitative estimate of drug-likeness (QED) is 0.148. The molecule has 0 N–H and O–H groups in total. The van der Waals surface area contributed by atoms with Crippen molar-refractivity contribution in [3.63, 3.8) is 0 Å². The van der Waals surface area contributed by atoms with Gasteiger partial charge in [0.05, 0.1) is 16.7 Å². The first kappa shape index (κ1) is 40.3. The second-order valence-corrected chi connectivity index (χ2v) is 18.7. The van der Waals surface area contributed by atoms with E-state index in [0.29, 0.717) is 0 Å². The Morgan fingerprint density at radius 3 is 1.39 bits per heavy atom. The molecule has 0 bridgehead atoms. The van der Waals surface area contributed by atoms with E-state index < -0.39 is 0 Å². The molecule has 11 aromatic rings. The van der Waals surface area contributed by atoms with Crippen molar-refractivity contribution in [3.8, 4) is 61.3 Å². The number of hydrogen-bond acceptors (Lipinski definition) is 1. The summed E-state index contributed by atoms with van der Waals surface area (Å²) in [6, 6.07) is 85.1. The fraction of sp³-hybridized carbons (Fsp3) is 0.0769. The van der Waals surface area contributed by atoms with Crippen molar-refractivity contribution in [1.82, 2.24) is 4.57 Å². The van der Waals surface area contributed by atoms with Crippen LogP contribution in [0.2, 0.25) is 0 Å². The Kier molecular flexibility index (Phi) is 9.66. The number of fused-ring (bicyclic) bond motifs is 6. The van der Waals surface area contributed by atoms with E-state index in [0.717, 1.165) is 17.1 Å². The number of para-hydroxylation sites is 1. The third kappa shape index (κ3) is 6.96. The smallest absolute Gasteiger partial charge is 0.0541 e. The Morgan fingerprint density at radius 1 is 0.343 bits per heavy atom. The van der Waals surface area contributed by atoms with Crippen LogP contribution in [0.4, 0.5) is 17.1 Å². The van der Waals surface area contributed by atoms with Gasteiger partial charge in [-0.25, -0.2) is 0 Å². The van der Waals surface area contributed by atoms with Crippen molar-refractivity contribution >= 4 is 38.9 Å². The average molecular weight is 859 g/mol. The normalized spacial score (nSPS) is 12.6. The van der Waals surface area contributed by atoms with Gasteiger partial charge in [-0.1, -0.05) is 189 Å². The van der Waals surface area contributed by atoms with Gasteiger partial charge in [-0.2, -0.15) is 0 Å². The van der Waals surface area contributed by atoms with Gasteiger partial charge in [0, 0.05) is 38.8 Å². The fourth-order valence-electron chi connectivity index (χ4n) is 10.6. The molecule has 0 amide bonds. The molecule has 1 aromatic heterocycles. The predicted octanol–water partition coefficient (Wildman–Crippen LogP) is 17.8. The molecule has 320 valence electrons. The Balaban J connectivity index is 0.879. The molecule has 12 rings (SSSR count). The highest BCUT2D eigenvalue weighted by Crippen LogP contribution is 2.51. The lowest BCUT2D eigenvalue weighted by atomic mass is 9.82. The summed E-state index contributed by atoms with van der Waals surface area (Å²) in [6.45, 7) is 9.06. The minimum Gasteiger partial charge on any atom is -0.310 e. The predicted molar refractivity (Wildman–Crippen MR) is 284 cm³/mol. The maximum Gasteiger partial charge on any atom is 0.0541 e. The lowest BCUT2D eigenvalue weighted by molar-refractivity contribution is 0.660. The number of aromatic nitrogens is 1. The third-order valence-electron chi connectivity index (χ3n) is 14.2. The van der Waals surface area contributed by atoms with Gasteiger partial charge in [-0.3, -0.25) is 0 Å². The second-order valence-electron chi connectivity index (χ2n) is 18.7. The van der Waals surface area contributed by atoms with Crippen LogP contribution in [0.1, 0.15) is 36.1 Å². The highest BCUT2D eigenvalue weighted by Gasteiger charge is 2.36. The molecule has 0 aliphatic heterocycles. The van der Waals surface area contributed by atoms with Crippen molar-refractivity contribution in [2.45, 2.75) is 33.1 Å². The molecule has 0 radical (unpaired) electrons. The molecule has 2 heteroatoms. The summed E-state index contributed by atoms with van der Waals surface area (Å²) in [5.74, 6) is 0. The van der Waals surface area contributed by atoms with Crippen molar-refractivity contribution in [1.29, 1.82) is 0 Å². The zero-order chi connectivity index (χ0) is 45.2. The molecule has 1 aliphatic rings. The summed E-state index contributed by atoms with van der Waals surface area (Å²) in [5.41, 5.74) is 24.4. The zero-order valence-electron chi connectivity index (χ0n) is 38.3. The van der Waals surface area contributed by atoms with Gasteiger partial charge < -0.3 is 9.47 Å². The standard InChI is InChI=1S/C65H50N2/c1-43-18-38-63-58(40-43)59-41-44(2)19-39-64(59)67(63)53-34-30-50(31-35-53)48-22-20-47(21-23-48)49-28-32-52(33-29-49)66(54-36-37-57-56-15-8-10-16-60(56)65(3,4)61(57)42-54)62-17-11-9-14-55(62)51-26-24-46(25-27-51)45-12-6-5-7-13-45/h5-42H,1-4H3. The van der Waals surface area contributed by atoms with E-state index in [1.807, 2.05) is 0 Å². The average Bonchev–Trinajstić information content (AvgIpc) is 3.81. The first-order chi connectivity index (χ1) is 32.8. The minimum absolute atomic E-state index is 0.122. The molecule has 0 spiro atoms. The molecule has 0 unspecified atom stereocenters. The molecule has 10 aromatic carbocycles. The van der Waals surface area contributed by atoms with Crippen LogP contribution in [0.25, 0.3) is 83.1 Å². The van der Waals surface area contributed by atoms with E-state index in [9.17, 15) is 0 Å². The maximum atomic E-state index is 2.44. The fourth-order valence-corrected chi connectivity index (χ4v) is 10.6. The number of rotatable bonds is 8. The van der Waals surface area contributed by atoms with Gasteiger partial charge in [0.1, 0.15) is 0 Å². The molecule has 0 saturated heterocycles. The summed E-state index contributed by atoms with van der Waals surface area (Å²) in [5, 5.41) is 2.60. The Morgan fingerprint density at radius 2 is 0.791 bits per heavy atom. The van der Waals surface area contributed by atoms with Crippen molar-refractivity contribution in [3.05, 3.63) is 253 Å². The van der Waals surface area contributed by atoms with Crippen LogP contribution in [0.5, 0.6) is 0 Å². The first-order valence-electron chi connectivity index (χ1n) is 23.4. The molecule has 0 fully saturated rings. The number of anilines is 3. The highest BCUT2D eigenvalue weighted by molar-refractivity contribution is 6.09. The first-order valence-corrected chi connectivity index (χ1v) is 23.4. The van der Waals surface area contributed by atoms with E-state index in [1.165, 1.54) is 105 Å². The van der Waals surface area contributed by atoms with Crippen molar-refractivity contribution in [2.75, 3.05) is 4.90 Å². The van der Waals surface area contributed by atoms with Crippen LogP contribution in [0.15, 0.2) is 231 Å². The van der Waals surface area contributed by atoms with E-state index in [-0.39, 0.29) is 5.41 Å². The van der Waals surface area contributed by atoms with E-state index in [4.69, 9.17) is 0 Å². The monoisotopic (exact) mass is 858 g/mol. The Labute approximate surface area is 393 Å². The highest BCUT2D eigenvalue weighted by atomic mass is 15.1. The number of nitrogens with zero attached hydrogens (tertiary/aromatic N) is 2. The maximum absolute atomic E-state index is 2.44. The van der Waals surface area contributed by atoms with Crippen LogP contribution in [-0.4, -0.2) is 4.57 Å². The van der Waals surface area contributed by atoms with Gasteiger partial charge in [-0.05, 0) is 142 Å². The Bertz CT molecular complexity index is 3570. The number of hydrogen-bond donors (Lipinski definition) is 0. The van der Waals surface area contributed by atoms with Crippen molar-refractivity contribution < 1.29 is 0 Å². The lowest BCUT2D eigenvalue weighted by Crippen LogP contribution is -2.16. The van der Waals surface area contributed by atoms with Crippen molar-refractivity contribution in [2.24, 2.45) is 0 Å². The molecule has 1 heterocycles. The van der Waals surface area contributed by atoms with E-state index >= 15 is 0 Å². The van der Waals surface area contributed by atoms with Crippen LogP contribution in [0.3, 0.4) is 0 Å². The van der Waals surface area contributed by atoms with Gasteiger partial charge in [-0.15, -0.1) is 0 Å². The minimum atomic E-state index is -0.122. The van der Waals surface area contributed by atoms with Gasteiger partial charge in [0.15, 0.2) is 0 Å². The topological polar surface area (TPSA) is 8.17 Å². The number of benzene rings is 10. The summed E-state index contributed by atoms with van der Waals surface area (Å²) >= 11 is 0. The molecule has 0 atom stereocenters. The molecular weight excluding hydrogens is 809 g/mol. The van der Waals surface area contributed by atoms with Gasteiger partial charge >= 0.3 is 0 Å². The lowest BCUT2D eigenvalue weighted by Gasteiger charge is -2.30. The molecule has 2 nitrogen and oxygen atoms in total. The van der Waals surface area contributed by atoms with Gasteiger partial charge in [0.2, 0.25) is 0 Å². The number of aryl methyl sites for hydroxylation is 2. The van der Waals surface area contributed by atoms with E-state index in [1.54, 1.807) is 0 Å². The van der Waals surface area contributed by atoms with E-state index in [2.05, 4.69) is 268 Å². The second kappa shape index (κ2) is 16.0. The van der Waals surface area contributed by atoms with Crippen LogP contribution in [-0.2, 0) is 5.41 Å². The Hall–Kier alpha value is -8.20. The van der Waals surface area contributed by atoms with Gasteiger partial charge in [0.25, 0.3) is 0 Å². The van der Waals surface area contributed by atoms with Crippen LogP contribution in [0, 0.1) is 13.8 Å². The SMILES string of the molecule is Cc1ccc2c(c1)c1cc(C)ccc1n2-c1ccc(-c2ccc(-c3ccc(N(c4ccc5c(c4)C(C)(C)c4ccccc4-5)c4ccccc4-c4ccc(-c5ccccc5)cc4)cc3)cc2)cc1. The summed E-state index contributed by atoms with van der Waals surface area (Å²) in [7, 11) is 0. The summed E-state index contributed by atoms with van der Waals surface area (Å²) in [6.07, 6.45) is 0. The molecular formula is C65H50N2. The van der Waals surface area contributed by atoms with Crippen LogP contribution < -0.4 is 4.90 Å². The zero-order valence-corrected chi connectivity index (χ0v) is 38.3. The largest absolute Gasteiger partial charge is 0.310 e. The van der Waals surface area contributed by atoms with Crippen LogP contribution >= 0.6 is 0 Å².